The van der Waals surface area contributed by atoms with Crippen LogP contribution in [0.4, 0.5) is 16.3 Å². The van der Waals surface area contributed by atoms with Gasteiger partial charge < -0.3 is 20.1 Å². The number of amides is 3. The van der Waals surface area contributed by atoms with E-state index in [2.05, 4.69) is 15.8 Å². The average Bonchev–Trinajstić information content (AvgIpc) is 3.10. The monoisotopic (exact) mass is 398 g/mol. The standard InChI is InChI=1S/C22H30N4O3/c1-15-8-7-11-19(17(15)3)23-22(28)26(13-18-9-5-4-6-10-18)14-21(27)24-20-12-16(2)29-25-20/h7-8,11-12,18H,4-6,9-10,13-14H2,1-3H3,(H,23,28)(H,24,25,27). The third kappa shape index (κ3) is 5.82. The van der Waals surface area contributed by atoms with Crippen molar-refractivity contribution < 1.29 is 14.1 Å². The van der Waals surface area contributed by atoms with E-state index >= 15 is 0 Å². The fourth-order valence-electron chi connectivity index (χ4n) is 3.76. The molecule has 7 heteroatoms. The van der Waals surface area contributed by atoms with Crippen molar-refractivity contribution in [3.63, 3.8) is 0 Å². The zero-order chi connectivity index (χ0) is 20.8. The minimum Gasteiger partial charge on any atom is -0.360 e. The van der Waals surface area contributed by atoms with E-state index in [0.29, 0.717) is 24.0 Å². The molecule has 0 aliphatic heterocycles. The molecule has 1 heterocycles. The molecule has 0 saturated heterocycles. The summed E-state index contributed by atoms with van der Waals surface area (Å²) in [5, 5.41) is 9.48. The molecule has 1 aromatic heterocycles. The molecule has 1 aliphatic carbocycles. The minimum atomic E-state index is -0.287. The Kier molecular flexibility index (Phi) is 6.90. The van der Waals surface area contributed by atoms with Crippen molar-refractivity contribution in [1.82, 2.24) is 10.1 Å². The summed E-state index contributed by atoms with van der Waals surface area (Å²) in [7, 11) is 0. The molecule has 0 spiro atoms. The maximum absolute atomic E-state index is 13.0. The average molecular weight is 399 g/mol. The highest BCUT2D eigenvalue weighted by Crippen LogP contribution is 2.25. The SMILES string of the molecule is Cc1cc(NC(=O)CN(CC2CCCCC2)C(=O)Nc2cccc(C)c2C)no1. The lowest BCUT2D eigenvalue weighted by molar-refractivity contribution is -0.116. The van der Waals surface area contributed by atoms with E-state index in [9.17, 15) is 9.59 Å². The van der Waals surface area contributed by atoms with Crippen LogP contribution in [0.1, 0.15) is 49.0 Å². The van der Waals surface area contributed by atoms with Gasteiger partial charge in [-0.1, -0.05) is 36.6 Å². The molecule has 1 aliphatic rings. The van der Waals surface area contributed by atoms with Crippen LogP contribution < -0.4 is 10.6 Å². The first kappa shape index (κ1) is 20.9. The molecule has 7 nitrogen and oxygen atoms in total. The number of urea groups is 1. The van der Waals surface area contributed by atoms with E-state index in [4.69, 9.17) is 4.52 Å². The van der Waals surface area contributed by atoms with E-state index in [1.54, 1.807) is 17.9 Å². The zero-order valence-corrected chi connectivity index (χ0v) is 17.5. The quantitative estimate of drug-likeness (QED) is 0.741. The highest BCUT2D eigenvalue weighted by atomic mass is 16.5. The molecule has 3 rings (SSSR count). The topological polar surface area (TPSA) is 87.5 Å². The molecule has 1 aromatic carbocycles. The first-order valence-corrected chi connectivity index (χ1v) is 10.3. The Morgan fingerprint density at radius 1 is 1.14 bits per heavy atom. The van der Waals surface area contributed by atoms with Gasteiger partial charge in [0.25, 0.3) is 0 Å². The van der Waals surface area contributed by atoms with E-state index in [1.165, 1.54) is 19.3 Å². The van der Waals surface area contributed by atoms with Crippen molar-refractivity contribution in [2.75, 3.05) is 23.7 Å². The highest BCUT2D eigenvalue weighted by molar-refractivity contribution is 5.96. The fourth-order valence-corrected chi connectivity index (χ4v) is 3.76. The predicted molar refractivity (Wildman–Crippen MR) is 113 cm³/mol. The molecule has 0 bridgehead atoms. The minimum absolute atomic E-state index is 0.0287. The summed E-state index contributed by atoms with van der Waals surface area (Å²) in [4.78, 5) is 27.2. The lowest BCUT2D eigenvalue weighted by Gasteiger charge is -2.29. The number of hydrogen-bond acceptors (Lipinski definition) is 4. The number of aromatic nitrogens is 1. The van der Waals surface area contributed by atoms with E-state index < -0.39 is 0 Å². The van der Waals surface area contributed by atoms with Gasteiger partial charge in [0.2, 0.25) is 5.91 Å². The van der Waals surface area contributed by atoms with Crippen LogP contribution in [0.5, 0.6) is 0 Å². The summed E-state index contributed by atoms with van der Waals surface area (Å²) < 4.78 is 4.99. The lowest BCUT2D eigenvalue weighted by atomic mass is 9.89. The Morgan fingerprint density at radius 2 is 1.90 bits per heavy atom. The molecule has 2 aromatic rings. The van der Waals surface area contributed by atoms with Crippen LogP contribution in [0.15, 0.2) is 28.8 Å². The van der Waals surface area contributed by atoms with Crippen LogP contribution in [-0.2, 0) is 4.79 Å². The number of rotatable bonds is 6. The van der Waals surface area contributed by atoms with Gasteiger partial charge in [-0.15, -0.1) is 0 Å². The second-order valence-electron chi connectivity index (χ2n) is 7.93. The van der Waals surface area contributed by atoms with Crippen LogP contribution in [0.2, 0.25) is 0 Å². The second kappa shape index (κ2) is 9.58. The smallest absolute Gasteiger partial charge is 0.322 e. The molecule has 0 radical (unpaired) electrons. The van der Waals surface area contributed by atoms with Gasteiger partial charge >= 0.3 is 6.03 Å². The summed E-state index contributed by atoms with van der Waals surface area (Å²) in [6, 6.07) is 7.22. The first-order chi connectivity index (χ1) is 13.9. The first-order valence-electron chi connectivity index (χ1n) is 10.3. The molecule has 29 heavy (non-hydrogen) atoms. The Hall–Kier alpha value is -2.83. The van der Waals surface area contributed by atoms with Crippen molar-refractivity contribution in [1.29, 1.82) is 0 Å². The number of carbonyl (C=O) groups is 2. The Morgan fingerprint density at radius 3 is 2.59 bits per heavy atom. The van der Waals surface area contributed by atoms with Gasteiger partial charge in [0.15, 0.2) is 5.82 Å². The van der Waals surface area contributed by atoms with Crippen LogP contribution in [0.25, 0.3) is 0 Å². The van der Waals surface area contributed by atoms with Gasteiger partial charge in [-0.3, -0.25) is 4.79 Å². The Labute approximate surface area is 171 Å². The zero-order valence-electron chi connectivity index (χ0n) is 17.5. The van der Waals surface area contributed by atoms with Gasteiger partial charge in [-0.05, 0) is 56.7 Å². The fraction of sp³-hybridized carbons (Fsp3) is 0.500. The number of nitrogens with one attached hydrogen (secondary N) is 2. The molecule has 0 atom stereocenters. The largest absolute Gasteiger partial charge is 0.360 e. The number of aryl methyl sites for hydroxylation is 2. The molecular formula is C22H30N4O3. The molecular weight excluding hydrogens is 368 g/mol. The van der Waals surface area contributed by atoms with Gasteiger partial charge in [0.1, 0.15) is 12.3 Å². The van der Waals surface area contributed by atoms with E-state index in [-0.39, 0.29) is 18.5 Å². The van der Waals surface area contributed by atoms with Gasteiger partial charge in [-0.25, -0.2) is 4.79 Å². The highest BCUT2D eigenvalue weighted by Gasteiger charge is 2.24. The number of carbonyl (C=O) groups excluding carboxylic acids is 2. The van der Waals surface area contributed by atoms with Gasteiger partial charge in [-0.2, -0.15) is 0 Å². The lowest BCUT2D eigenvalue weighted by Crippen LogP contribution is -2.43. The number of hydrogen-bond donors (Lipinski definition) is 2. The molecule has 2 N–H and O–H groups in total. The van der Waals surface area contributed by atoms with Crippen molar-refractivity contribution in [2.45, 2.75) is 52.9 Å². The maximum Gasteiger partial charge on any atom is 0.322 e. The Bertz CT molecular complexity index is 855. The molecule has 0 unspecified atom stereocenters. The predicted octanol–water partition coefficient (Wildman–Crippen LogP) is 4.65. The molecule has 1 fully saturated rings. The second-order valence-corrected chi connectivity index (χ2v) is 7.93. The third-order valence-electron chi connectivity index (χ3n) is 5.57. The van der Waals surface area contributed by atoms with Crippen LogP contribution in [0, 0.1) is 26.7 Å². The van der Waals surface area contributed by atoms with Gasteiger partial charge in [0.05, 0.1) is 0 Å². The van der Waals surface area contributed by atoms with Crippen molar-refractivity contribution >= 4 is 23.4 Å². The molecule has 156 valence electrons. The Balaban J connectivity index is 1.69. The summed E-state index contributed by atoms with van der Waals surface area (Å²) >= 11 is 0. The molecule has 3 amide bonds. The summed E-state index contributed by atoms with van der Waals surface area (Å²) in [5.74, 6) is 1.12. The van der Waals surface area contributed by atoms with E-state index in [1.807, 2.05) is 32.0 Å². The van der Waals surface area contributed by atoms with Crippen LogP contribution >= 0.6 is 0 Å². The van der Waals surface area contributed by atoms with E-state index in [0.717, 1.165) is 29.7 Å². The molecule has 1 saturated carbocycles. The van der Waals surface area contributed by atoms with Crippen LogP contribution in [-0.4, -0.2) is 35.1 Å². The normalized spacial score (nSPS) is 14.4. The van der Waals surface area contributed by atoms with Crippen molar-refractivity contribution in [3.8, 4) is 0 Å². The maximum atomic E-state index is 13.0. The summed E-state index contributed by atoms with van der Waals surface area (Å²) in [5.41, 5.74) is 2.91. The summed E-state index contributed by atoms with van der Waals surface area (Å²) in [6.45, 7) is 6.30. The van der Waals surface area contributed by atoms with Crippen molar-refractivity contribution in [2.24, 2.45) is 5.92 Å². The summed E-state index contributed by atoms with van der Waals surface area (Å²) in [6.07, 6.45) is 5.80. The van der Waals surface area contributed by atoms with Crippen molar-refractivity contribution in [3.05, 3.63) is 41.2 Å². The number of nitrogens with zero attached hydrogens (tertiary/aromatic N) is 2. The van der Waals surface area contributed by atoms with Crippen LogP contribution in [0.3, 0.4) is 0 Å². The third-order valence-corrected chi connectivity index (χ3v) is 5.57. The number of anilines is 2. The number of benzene rings is 1. The van der Waals surface area contributed by atoms with Gasteiger partial charge in [0, 0.05) is 18.3 Å².